The molecule has 1 heterocycles. The van der Waals surface area contributed by atoms with Crippen LogP contribution < -0.4 is 5.73 Å². The fourth-order valence-corrected chi connectivity index (χ4v) is 2.26. The second kappa shape index (κ2) is 5.91. The Morgan fingerprint density at radius 1 is 1.05 bits per heavy atom. The molecule has 22 heavy (non-hydrogen) atoms. The molecule has 0 aliphatic carbocycles. The summed E-state index contributed by atoms with van der Waals surface area (Å²) in [4.78, 5) is 7.94. The zero-order valence-corrected chi connectivity index (χ0v) is 11.6. The molecule has 3 N–H and O–H groups in total. The van der Waals surface area contributed by atoms with E-state index < -0.39 is 11.9 Å². The molecule has 1 unspecified atom stereocenters. The molecule has 1 atom stereocenters. The van der Waals surface area contributed by atoms with E-state index in [4.69, 9.17) is 5.73 Å². The summed E-state index contributed by atoms with van der Waals surface area (Å²) < 4.78 is 14.1. The number of rotatable bonds is 3. The van der Waals surface area contributed by atoms with Gasteiger partial charge in [-0.1, -0.05) is 30.3 Å². The minimum atomic E-state index is -1.04. The average Bonchev–Trinajstić information content (AvgIpc) is 2.55. The molecule has 1 aromatic heterocycles. The van der Waals surface area contributed by atoms with E-state index in [1.165, 1.54) is 12.3 Å². The van der Waals surface area contributed by atoms with Crippen LogP contribution >= 0.6 is 0 Å². The van der Waals surface area contributed by atoms with Gasteiger partial charge in [0.2, 0.25) is 5.95 Å². The Bertz CT molecular complexity index is 793. The average molecular weight is 295 g/mol. The van der Waals surface area contributed by atoms with Crippen LogP contribution in [0.15, 0.2) is 60.8 Å². The molecule has 0 aliphatic heterocycles. The van der Waals surface area contributed by atoms with Gasteiger partial charge in [0.1, 0.15) is 11.9 Å². The number of nitrogen functional groups attached to an aromatic ring is 1. The summed E-state index contributed by atoms with van der Waals surface area (Å²) in [5, 5.41) is 10.4. The van der Waals surface area contributed by atoms with E-state index in [2.05, 4.69) is 9.97 Å². The first-order chi connectivity index (χ1) is 10.6. The summed E-state index contributed by atoms with van der Waals surface area (Å²) in [5.74, 6) is -0.325. The second-order valence-electron chi connectivity index (χ2n) is 4.85. The van der Waals surface area contributed by atoms with Crippen molar-refractivity contribution in [1.29, 1.82) is 0 Å². The summed E-state index contributed by atoms with van der Waals surface area (Å²) in [6, 6.07) is 15.1. The van der Waals surface area contributed by atoms with Crippen molar-refractivity contribution in [1.82, 2.24) is 9.97 Å². The molecule has 0 saturated carbocycles. The first kappa shape index (κ1) is 14.2. The number of benzene rings is 2. The van der Waals surface area contributed by atoms with Gasteiger partial charge in [0.05, 0.1) is 5.69 Å². The highest BCUT2D eigenvalue weighted by atomic mass is 19.1. The fraction of sp³-hybridized carbons (Fsp3) is 0.0588. The zero-order chi connectivity index (χ0) is 15.5. The van der Waals surface area contributed by atoms with E-state index in [1.54, 1.807) is 42.5 Å². The monoisotopic (exact) mass is 295 g/mol. The summed E-state index contributed by atoms with van der Waals surface area (Å²) in [5.41, 5.74) is 7.63. The van der Waals surface area contributed by atoms with Gasteiger partial charge in [-0.3, -0.25) is 0 Å². The van der Waals surface area contributed by atoms with Gasteiger partial charge in [-0.25, -0.2) is 14.4 Å². The molecular weight excluding hydrogens is 281 g/mol. The van der Waals surface area contributed by atoms with Gasteiger partial charge in [-0.05, 0) is 29.8 Å². The maximum absolute atomic E-state index is 14.1. The lowest BCUT2D eigenvalue weighted by Crippen LogP contribution is -2.03. The van der Waals surface area contributed by atoms with E-state index in [9.17, 15) is 9.50 Å². The predicted octanol–water partition coefficient (Wildman–Crippen LogP) is 2.95. The van der Waals surface area contributed by atoms with Crippen LogP contribution in [-0.4, -0.2) is 15.1 Å². The smallest absolute Gasteiger partial charge is 0.220 e. The molecule has 0 fully saturated rings. The van der Waals surface area contributed by atoms with Gasteiger partial charge >= 0.3 is 0 Å². The first-order valence-corrected chi connectivity index (χ1v) is 6.76. The Hall–Kier alpha value is -2.79. The Morgan fingerprint density at radius 3 is 2.55 bits per heavy atom. The van der Waals surface area contributed by atoms with Crippen molar-refractivity contribution in [3.05, 3.63) is 77.7 Å². The number of aromatic nitrogens is 2. The third-order valence-electron chi connectivity index (χ3n) is 3.38. The molecule has 5 heteroatoms. The predicted molar refractivity (Wildman–Crippen MR) is 82.3 cm³/mol. The van der Waals surface area contributed by atoms with Gasteiger partial charge < -0.3 is 10.8 Å². The molecular formula is C17H14FN3O. The van der Waals surface area contributed by atoms with Gasteiger partial charge in [-0.2, -0.15) is 0 Å². The molecule has 0 saturated heterocycles. The lowest BCUT2D eigenvalue weighted by atomic mass is 9.98. The number of hydrogen-bond acceptors (Lipinski definition) is 4. The Balaban J connectivity index is 2.04. The molecule has 2 aromatic carbocycles. The van der Waals surface area contributed by atoms with Crippen molar-refractivity contribution >= 4 is 5.95 Å². The Morgan fingerprint density at radius 2 is 1.82 bits per heavy atom. The van der Waals surface area contributed by atoms with Crippen LogP contribution in [0, 0.1) is 5.82 Å². The van der Waals surface area contributed by atoms with E-state index in [0.29, 0.717) is 16.8 Å². The number of nitrogens with two attached hydrogens (primary N) is 1. The molecule has 0 bridgehead atoms. The highest BCUT2D eigenvalue weighted by molar-refractivity contribution is 5.61. The van der Waals surface area contributed by atoms with Crippen LogP contribution in [0.2, 0.25) is 0 Å². The van der Waals surface area contributed by atoms with Crippen LogP contribution in [0.4, 0.5) is 10.3 Å². The van der Waals surface area contributed by atoms with E-state index in [1.807, 2.05) is 6.07 Å². The summed E-state index contributed by atoms with van der Waals surface area (Å²) in [7, 11) is 0. The molecule has 3 rings (SSSR count). The standard InChI is InChI=1S/C17H14FN3O/c18-14-7-6-12(15-8-9-20-17(19)21-15)10-13(14)16(22)11-4-2-1-3-5-11/h1-10,16,22H,(H2,19,20,21). The topological polar surface area (TPSA) is 72.0 Å². The van der Waals surface area contributed by atoms with Crippen molar-refractivity contribution in [2.75, 3.05) is 5.73 Å². The SMILES string of the molecule is Nc1nccc(-c2ccc(F)c(C(O)c3ccccc3)c2)n1. The number of nitrogens with zero attached hydrogens (tertiary/aromatic N) is 2. The maximum atomic E-state index is 14.1. The fourth-order valence-electron chi connectivity index (χ4n) is 2.26. The number of hydrogen-bond donors (Lipinski definition) is 2. The second-order valence-corrected chi connectivity index (χ2v) is 4.85. The summed E-state index contributed by atoms with van der Waals surface area (Å²) >= 11 is 0. The summed E-state index contributed by atoms with van der Waals surface area (Å²) in [6.07, 6.45) is 0.495. The van der Waals surface area contributed by atoms with Crippen molar-refractivity contribution in [2.45, 2.75) is 6.10 Å². The molecule has 4 nitrogen and oxygen atoms in total. The van der Waals surface area contributed by atoms with Gasteiger partial charge in [-0.15, -0.1) is 0 Å². The van der Waals surface area contributed by atoms with Gasteiger partial charge in [0.15, 0.2) is 0 Å². The molecule has 110 valence electrons. The number of aliphatic hydroxyl groups excluding tert-OH is 1. The first-order valence-electron chi connectivity index (χ1n) is 6.76. The zero-order valence-electron chi connectivity index (χ0n) is 11.6. The molecule has 3 aromatic rings. The number of halogens is 1. The van der Waals surface area contributed by atoms with E-state index in [-0.39, 0.29) is 11.5 Å². The minimum Gasteiger partial charge on any atom is -0.384 e. The normalized spacial score (nSPS) is 12.1. The number of anilines is 1. The highest BCUT2D eigenvalue weighted by Gasteiger charge is 2.16. The van der Waals surface area contributed by atoms with Crippen LogP contribution in [0.5, 0.6) is 0 Å². The van der Waals surface area contributed by atoms with Crippen LogP contribution in [0.1, 0.15) is 17.2 Å². The van der Waals surface area contributed by atoms with Crippen molar-refractivity contribution < 1.29 is 9.50 Å². The quantitative estimate of drug-likeness (QED) is 0.779. The van der Waals surface area contributed by atoms with Crippen LogP contribution in [0.25, 0.3) is 11.3 Å². The van der Waals surface area contributed by atoms with Crippen molar-refractivity contribution in [3.63, 3.8) is 0 Å². The molecule has 0 amide bonds. The van der Waals surface area contributed by atoms with Crippen molar-refractivity contribution in [3.8, 4) is 11.3 Å². The third kappa shape index (κ3) is 2.80. The van der Waals surface area contributed by atoms with Gasteiger partial charge in [0.25, 0.3) is 0 Å². The molecule has 0 spiro atoms. The summed E-state index contributed by atoms with van der Waals surface area (Å²) in [6.45, 7) is 0. The van der Waals surface area contributed by atoms with Gasteiger partial charge in [0, 0.05) is 17.3 Å². The lowest BCUT2D eigenvalue weighted by Gasteiger charge is -2.14. The van der Waals surface area contributed by atoms with Crippen molar-refractivity contribution in [2.24, 2.45) is 0 Å². The highest BCUT2D eigenvalue weighted by Crippen LogP contribution is 2.28. The molecule has 0 radical (unpaired) electrons. The maximum Gasteiger partial charge on any atom is 0.220 e. The van der Waals surface area contributed by atoms with Crippen LogP contribution in [0.3, 0.4) is 0 Å². The minimum absolute atomic E-state index is 0.145. The molecule has 0 aliphatic rings. The van der Waals surface area contributed by atoms with E-state index in [0.717, 1.165) is 0 Å². The largest absolute Gasteiger partial charge is 0.384 e. The third-order valence-corrected chi connectivity index (χ3v) is 3.38. The van der Waals surface area contributed by atoms with E-state index >= 15 is 0 Å². The Kier molecular flexibility index (Phi) is 3.80. The lowest BCUT2D eigenvalue weighted by molar-refractivity contribution is 0.215. The van der Waals surface area contributed by atoms with Crippen LogP contribution in [-0.2, 0) is 0 Å². The Labute approximate surface area is 127 Å². The number of aliphatic hydroxyl groups is 1.